The van der Waals surface area contributed by atoms with Gasteiger partial charge in [0.05, 0.1) is 0 Å². The molecule has 0 aliphatic heterocycles. The van der Waals surface area contributed by atoms with E-state index in [9.17, 15) is 4.91 Å². The van der Waals surface area contributed by atoms with E-state index < -0.39 is 0 Å². The number of pyridine rings is 1. The maximum absolute atomic E-state index is 9.89. The number of aliphatic hydroxyl groups excluding tert-OH is 1. The van der Waals surface area contributed by atoms with Crippen LogP contribution in [0.2, 0.25) is 0 Å². The molecular formula is C8H11N2O2+. The van der Waals surface area contributed by atoms with Crippen molar-refractivity contribution in [2.75, 3.05) is 6.61 Å². The highest BCUT2D eigenvalue weighted by Gasteiger charge is 1.98. The zero-order valence-electron chi connectivity index (χ0n) is 6.68. The van der Waals surface area contributed by atoms with Crippen molar-refractivity contribution >= 4 is 0 Å². The van der Waals surface area contributed by atoms with E-state index in [1.54, 1.807) is 0 Å². The third kappa shape index (κ3) is 2.39. The van der Waals surface area contributed by atoms with Crippen LogP contribution < -0.4 is 4.57 Å². The molecule has 1 heterocycles. The first-order valence-corrected chi connectivity index (χ1v) is 3.75. The van der Waals surface area contributed by atoms with Gasteiger partial charge in [-0.15, -0.1) is 0 Å². The molecule has 64 valence electrons. The lowest BCUT2D eigenvalue weighted by atomic mass is 10.3. The fourth-order valence-corrected chi connectivity index (χ4v) is 0.933. The highest BCUT2D eigenvalue weighted by molar-refractivity contribution is 5.06. The van der Waals surface area contributed by atoms with Gasteiger partial charge in [0.2, 0.25) is 0 Å². The summed E-state index contributed by atoms with van der Waals surface area (Å²) in [4.78, 5) is 9.89. The summed E-state index contributed by atoms with van der Waals surface area (Å²) in [6.07, 6.45) is 3.63. The lowest BCUT2D eigenvalue weighted by Crippen LogP contribution is -2.34. The largest absolute Gasteiger partial charge is 0.390 e. The summed E-state index contributed by atoms with van der Waals surface area (Å²) in [7, 11) is 0. The molecule has 1 rings (SSSR count). The smallest absolute Gasteiger partial charge is 0.171 e. The predicted molar refractivity (Wildman–Crippen MR) is 43.2 cm³/mol. The Balaban J connectivity index is 2.64. The molecule has 0 saturated carbocycles. The topological polar surface area (TPSA) is 53.5 Å². The number of hydrogen-bond donors (Lipinski definition) is 1. The van der Waals surface area contributed by atoms with Gasteiger partial charge in [0.15, 0.2) is 18.9 Å². The average Bonchev–Trinajstić information content (AvgIpc) is 2.09. The zero-order chi connectivity index (χ0) is 8.81. The highest BCUT2D eigenvalue weighted by atomic mass is 16.3. The molecule has 12 heavy (non-hydrogen) atoms. The van der Waals surface area contributed by atoms with Gasteiger partial charge >= 0.3 is 0 Å². The zero-order valence-corrected chi connectivity index (χ0v) is 6.68. The number of nitrogens with zero attached hydrogens (tertiary/aromatic N) is 2. The summed E-state index contributed by atoms with van der Waals surface area (Å²) in [6, 6.07) is 3.63. The summed E-state index contributed by atoms with van der Waals surface area (Å²) in [5.41, 5.74) is 0.888. The van der Waals surface area contributed by atoms with Crippen LogP contribution in [0, 0.1) is 4.91 Å². The van der Waals surface area contributed by atoms with Crippen LogP contribution in [0.25, 0.3) is 0 Å². The Hall–Kier alpha value is -1.29. The second-order valence-corrected chi connectivity index (χ2v) is 2.46. The maximum Gasteiger partial charge on any atom is 0.171 e. The minimum atomic E-state index is 0.121. The van der Waals surface area contributed by atoms with Crippen LogP contribution in [0.3, 0.4) is 0 Å². The maximum atomic E-state index is 9.89. The van der Waals surface area contributed by atoms with Crippen LogP contribution in [0.4, 0.5) is 0 Å². The molecule has 4 heteroatoms. The Morgan fingerprint density at radius 3 is 2.58 bits per heavy atom. The van der Waals surface area contributed by atoms with E-state index in [1.165, 1.54) is 0 Å². The first-order chi connectivity index (χ1) is 5.86. The quantitative estimate of drug-likeness (QED) is 0.515. The third-order valence-corrected chi connectivity index (χ3v) is 1.57. The first-order valence-electron chi connectivity index (χ1n) is 3.75. The summed E-state index contributed by atoms with van der Waals surface area (Å²) >= 11 is 0. The molecule has 4 nitrogen and oxygen atoms in total. The fourth-order valence-electron chi connectivity index (χ4n) is 0.933. The second-order valence-electron chi connectivity index (χ2n) is 2.46. The molecular weight excluding hydrogens is 156 g/mol. The van der Waals surface area contributed by atoms with E-state index in [2.05, 4.69) is 5.18 Å². The van der Waals surface area contributed by atoms with Crippen molar-refractivity contribution in [1.29, 1.82) is 0 Å². The molecule has 1 aromatic rings. The van der Waals surface area contributed by atoms with Gasteiger partial charge in [0, 0.05) is 12.1 Å². The molecule has 0 amide bonds. The molecule has 0 bridgehead atoms. The summed E-state index contributed by atoms with van der Waals surface area (Å²) in [5.74, 6) is 0. The molecule has 1 aromatic heterocycles. The molecule has 0 spiro atoms. The van der Waals surface area contributed by atoms with E-state index in [1.807, 2.05) is 29.1 Å². The monoisotopic (exact) mass is 167 g/mol. The van der Waals surface area contributed by atoms with Crippen molar-refractivity contribution in [3.05, 3.63) is 35.0 Å². The minimum absolute atomic E-state index is 0.121. The SMILES string of the molecule is O=NCc1cc[n+](CCO)cc1. The van der Waals surface area contributed by atoms with E-state index in [0.29, 0.717) is 6.54 Å². The van der Waals surface area contributed by atoms with Crippen LogP contribution in [0.1, 0.15) is 5.56 Å². The van der Waals surface area contributed by atoms with Gasteiger partial charge in [-0.2, -0.15) is 4.91 Å². The molecule has 0 aromatic carbocycles. The molecule has 0 aliphatic rings. The number of aliphatic hydroxyl groups is 1. The standard InChI is InChI=1S/C8H11N2O2/c11-6-5-10-3-1-8(2-4-10)7-9-12/h1-4,11H,5-7H2/q+1. The number of aromatic nitrogens is 1. The molecule has 0 saturated heterocycles. The van der Waals surface area contributed by atoms with Crippen molar-refractivity contribution in [2.24, 2.45) is 5.18 Å². The van der Waals surface area contributed by atoms with Crippen molar-refractivity contribution in [1.82, 2.24) is 0 Å². The minimum Gasteiger partial charge on any atom is -0.390 e. The number of hydrogen-bond acceptors (Lipinski definition) is 3. The normalized spacial score (nSPS) is 9.75. The van der Waals surface area contributed by atoms with Gasteiger partial charge < -0.3 is 5.11 Å². The molecule has 0 fully saturated rings. The third-order valence-electron chi connectivity index (χ3n) is 1.57. The average molecular weight is 167 g/mol. The van der Waals surface area contributed by atoms with E-state index in [0.717, 1.165) is 5.56 Å². The van der Waals surface area contributed by atoms with Crippen LogP contribution >= 0.6 is 0 Å². The Morgan fingerprint density at radius 1 is 1.42 bits per heavy atom. The van der Waals surface area contributed by atoms with Crippen molar-refractivity contribution in [3.8, 4) is 0 Å². The molecule has 0 aliphatic carbocycles. The Bertz CT molecular complexity index is 246. The van der Waals surface area contributed by atoms with Crippen LogP contribution in [0.5, 0.6) is 0 Å². The summed E-state index contributed by atoms with van der Waals surface area (Å²) < 4.78 is 1.84. The van der Waals surface area contributed by atoms with Gasteiger partial charge in [-0.3, -0.25) is 0 Å². The van der Waals surface area contributed by atoms with Crippen molar-refractivity contribution < 1.29 is 9.67 Å². The van der Waals surface area contributed by atoms with Gasteiger partial charge in [-0.05, 0) is 5.56 Å². The Kier molecular flexibility index (Phi) is 3.35. The first kappa shape index (κ1) is 8.80. The molecule has 1 N–H and O–H groups in total. The van der Waals surface area contributed by atoms with E-state index in [4.69, 9.17) is 5.11 Å². The summed E-state index contributed by atoms with van der Waals surface area (Å²) in [5, 5.41) is 11.4. The van der Waals surface area contributed by atoms with Gasteiger partial charge in [0.25, 0.3) is 0 Å². The van der Waals surface area contributed by atoms with Crippen LogP contribution in [-0.4, -0.2) is 11.7 Å². The van der Waals surface area contributed by atoms with E-state index >= 15 is 0 Å². The molecule has 0 unspecified atom stereocenters. The Morgan fingerprint density at radius 2 is 2.08 bits per heavy atom. The van der Waals surface area contributed by atoms with Gasteiger partial charge in [-0.1, -0.05) is 5.18 Å². The highest BCUT2D eigenvalue weighted by Crippen LogP contribution is 1.96. The molecule has 0 atom stereocenters. The van der Waals surface area contributed by atoms with Gasteiger partial charge in [0.1, 0.15) is 13.2 Å². The fraction of sp³-hybridized carbons (Fsp3) is 0.375. The number of rotatable bonds is 4. The summed E-state index contributed by atoms with van der Waals surface area (Å²) in [6.45, 7) is 0.907. The second kappa shape index (κ2) is 4.56. The van der Waals surface area contributed by atoms with Crippen LogP contribution in [0.15, 0.2) is 29.7 Å². The number of nitroso groups, excluding NO2 is 1. The van der Waals surface area contributed by atoms with E-state index in [-0.39, 0.29) is 13.2 Å². The predicted octanol–water partition coefficient (Wildman–Crippen LogP) is 0.233. The van der Waals surface area contributed by atoms with Crippen molar-refractivity contribution in [2.45, 2.75) is 13.1 Å². The van der Waals surface area contributed by atoms with Crippen molar-refractivity contribution in [3.63, 3.8) is 0 Å². The Labute approximate surface area is 70.4 Å². The lowest BCUT2D eigenvalue weighted by Gasteiger charge is -1.93. The van der Waals surface area contributed by atoms with Gasteiger partial charge in [-0.25, -0.2) is 4.57 Å². The lowest BCUT2D eigenvalue weighted by molar-refractivity contribution is -0.698. The van der Waals surface area contributed by atoms with Crippen LogP contribution in [-0.2, 0) is 13.1 Å². The molecule has 0 radical (unpaired) electrons.